The molecule has 0 radical (unpaired) electrons. The Kier molecular flexibility index (Phi) is 6.86. The quantitative estimate of drug-likeness (QED) is 0.490. The van der Waals surface area contributed by atoms with Crippen LogP contribution in [-0.4, -0.2) is 21.5 Å². The van der Waals surface area contributed by atoms with Gasteiger partial charge in [0.1, 0.15) is 5.56 Å². The van der Waals surface area contributed by atoms with Crippen molar-refractivity contribution in [2.75, 3.05) is 0 Å². The van der Waals surface area contributed by atoms with Crippen LogP contribution >= 0.6 is 0 Å². The van der Waals surface area contributed by atoms with E-state index >= 15 is 0 Å². The number of benzene rings is 2. The van der Waals surface area contributed by atoms with Crippen molar-refractivity contribution in [3.8, 4) is 11.1 Å². The second-order valence-corrected chi connectivity index (χ2v) is 3.92. The van der Waals surface area contributed by atoms with E-state index in [9.17, 15) is 23.7 Å². The maximum absolute atomic E-state index is 13.1. The summed E-state index contributed by atoms with van der Waals surface area (Å²) in [5.74, 6) is -3.56. The number of carboxylic acid groups (broad SMARTS) is 1. The molecule has 9 heteroatoms. The Morgan fingerprint density at radius 3 is 2.09 bits per heavy atom. The third kappa shape index (κ3) is 3.89. The molecule has 0 saturated carbocycles. The summed E-state index contributed by atoms with van der Waals surface area (Å²) >= 11 is 0. The van der Waals surface area contributed by atoms with E-state index in [1.807, 2.05) is 0 Å². The van der Waals surface area contributed by atoms with Crippen molar-refractivity contribution in [3.63, 3.8) is 0 Å². The van der Waals surface area contributed by atoms with Crippen LogP contribution in [0, 0.1) is 21.7 Å². The summed E-state index contributed by atoms with van der Waals surface area (Å²) in [4.78, 5) is 20.9. The van der Waals surface area contributed by atoms with E-state index in [0.717, 1.165) is 24.3 Å². The molecule has 0 aromatic heterocycles. The number of nitro benzene ring substituents is 1. The Morgan fingerprint density at radius 2 is 1.59 bits per heavy atom. The Labute approximate surface area is 135 Å². The summed E-state index contributed by atoms with van der Waals surface area (Å²) in [7, 11) is 0. The second kappa shape index (κ2) is 7.66. The number of nitro groups is 1. The largest absolute Gasteiger partial charge is 1.00 e. The number of halogens is 2. The van der Waals surface area contributed by atoms with Crippen LogP contribution < -0.4 is 18.9 Å². The maximum Gasteiger partial charge on any atom is 1.00 e. The molecule has 0 saturated heterocycles. The summed E-state index contributed by atoms with van der Waals surface area (Å²) in [6, 6.07) is 6.38. The number of hydrogen-bond acceptors (Lipinski definition) is 4. The summed E-state index contributed by atoms with van der Waals surface area (Å²) in [5, 5.41) is 19.7. The third-order valence-electron chi connectivity index (χ3n) is 2.68. The number of aromatic carboxylic acids is 1. The van der Waals surface area contributed by atoms with Gasteiger partial charge in [0.2, 0.25) is 0 Å². The van der Waals surface area contributed by atoms with Crippen molar-refractivity contribution in [1.29, 1.82) is 0 Å². The van der Waals surface area contributed by atoms with Crippen LogP contribution in [0.15, 0.2) is 36.4 Å². The molecule has 0 heterocycles. The van der Waals surface area contributed by atoms with Gasteiger partial charge >= 0.3 is 24.8 Å². The molecule has 2 aromatic rings. The summed E-state index contributed by atoms with van der Waals surface area (Å²) in [6.45, 7) is 0. The van der Waals surface area contributed by atoms with E-state index in [0.29, 0.717) is 0 Å². The summed E-state index contributed by atoms with van der Waals surface area (Å²) in [5.41, 5.74) is -0.648. The van der Waals surface area contributed by atoms with Crippen LogP contribution in [0.4, 0.5) is 14.5 Å². The molecule has 110 valence electrons. The maximum atomic E-state index is 13.1. The van der Waals surface area contributed by atoms with Crippen LogP contribution in [0.25, 0.3) is 11.1 Å². The standard InChI is InChI=1S/C13H7F2NO4.Li.H2O/c14-10-4-2-7(5-11(10)15)8-1-3-9(13(17)18)12(6-8)16(19)20;;/h1-6H,(H,17,18);;1H2/q;+1;/p-1. The Bertz CT molecular complexity index is 724. The Hall–Kier alpha value is -2.27. The van der Waals surface area contributed by atoms with Gasteiger partial charge in [-0.3, -0.25) is 10.1 Å². The zero-order valence-corrected chi connectivity index (χ0v) is 11.3. The van der Waals surface area contributed by atoms with Crippen LogP contribution in [0.2, 0.25) is 0 Å². The minimum atomic E-state index is -1.44. The molecule has 0 amide bonds. The monoisotopic (exact) mass is 303 g/mol. The number of rotatable bonds is 3. The van der Waals surface area contributed by atoms with Gasteiger partial charge in [-0.25, -0.2) is 13.6 Å². The fraction of sp³-hybridized carbons (Fsp3) is 0. The molecule has 0 spiro atoms. The number of nitrogens with zero attached hydrogens (tertiary/aromatic N) is 1. The van der Waals surface area contributed by atoms with E-state index in [1.165, 1.54) is 12.1 Å². The average Bonchev–Trinajstić information content (AvgIpc) is 2.41. The first-order chi connectivity index (χ1) is 9.40. The first-order valence-electron chi connectivity index (χ1n) is 5.37. The summed E-state index contributed by atoms with van der Waals surface area (Å²) < 4.78 is 26.0. The predicted molar refractivity (Wildman–Crippen MR) is 67.3 cm³/mol. The second-order valence-electron chi connectivity index (χ2n) is 3.92. The van der Waals surface area contributed by atoms with Crippen molar-refractivity contribution in [2.24, 2.45) is 0 Å². The smallest absolute Gasteiger partial charge is 0.870 e. The molecular weight excluding hydrogens is 295 g/mol. The number of hydrogen-bond donors (Lipinski definition) is 1. The Morgan fingerprint density at radius 1 is 1.05 bits per heavy atom. The molecule has 0 aliphatic rings. The van der Waals surface area contributed by atoms with Gasteiger partial charge in [-0.2, -0.15) is 0 Å². The van der Waals surface area contributed by atoms with Gasteiger partial charge in [-0.05, 0) is 29.3 Å². The van der Waals surface area contributed by atoms with Gasteiger partial charge in [0.15, 0.2) is 11.6 Å². The van der Waals surface area contributed by atoms with Gasteiger partial charge in [0, 0.05) is 6.07 Å². The normalized spacial score (nSPS) is 9.36. The third-order valence-corrected chi connectivity index (χ3v) is 2.68. The van der Waals surface area contributed by atoms with E-state index in [-0.39, 0.29) is 35.5 Å². The van der Waals surface area contributed by atoms with E-state index in [2.05, 4.69) is 0 Å². The van der Waals surface area contributed by atoms with Crippen LogP contribution in [0.5, 0.6) is 0 Å². The fourth-order valence-electron chi connectivity index (χ4n) is 1.72. The molecule has 22 heavy (non-hydrogen) atoms. The van der Waals surface area contributed by atoms with Crippen LogP contribution in [-0.2, 0) is 0 Å². The minimum absolute atomic E-state index is 0. The predicted octanol–water partition coefficient (Wildman–Crippen LogP) is 0.0654. The molecule has 2 rings (SSSR count). The van der Waals surface area contributed by atoms with E-state index in [4.69, 9.17) is 5.11 Å². The zero-order chi connectivity index (χ0) is 14.9. The molecule has 0 fully saturated rings. The zero-order valence-electron chi connectivity index (χ0n) is 11.3. The SMILES string of the molecule is O=C(O)c1ccc(-c2ccc(F)c(F)c2)cc1[N+](=O)[O-].[Li+].[OH-]. The number of carboxylic acids is 1. The van der Waals surface area contributed by atoms with E-state index < -0.39 is 33.8 Å². The van der Waals surface area contributed by atoms with Gasteiger partial charge in [-0.1, -0.05) is 12.1 Å². The first kappa shape index (κ1) is 19.7. The van der Waals surface area contributed by atoms with Gasteiger partial charge < -0.3 is 10.6 Å². The summed E-state index contributed by atoms with van der Waals surface area (Å²) in [6.07, 6.45) is 0. The molecule has 2 aromatic carbocycles. The van der Waals surface area contributed by atoms with E-state index in [1.54, 1.807) is 0 Å². The molecular formula is C13H8F2LiNO5. The van der Waals surface area contributed by atoms with Crippen molar-refractivity contribution in [3.05, 3.63) is 63.7 Å². The molecule has 0 bridgehead atoms. The number of carbonyl (C=O) groups is 1. The van der Waals surface area contributed by atoms with Crippen LogP contribution in [0.1, 0.15) is 10.4 Å². The average molecular weight is 303 g/mol. The van der Waals surface area contributed by atoms with Crippen molar-refractivity contribution in [1.82, 2.24) is 0 Å². The van der Waals surface area contributed by atoms with Crippen LogP contribution in [0.3, 0.4) is 0 Å². The van der Waals surface area contributed by atoms with Gasteiger partial charge in [-0.15, -0.1) is 0 Å². The van der Waals surface area contributed by atoms with Crippen molar-refractivity contribution >= 4 is 11.7 Å². The molecule has 0 aliphatic carbocycles. The molecule has 0 unspecified atom stereocenters. The van der Waals surface area contributed by atoms with Crippen molar-refractivity contribution in [2.45, 2.75) is 0 Å². The molecule has 0 aliphatic heterocycles. The van der Waals surface area contributed by atoms with Gasteiger partial charge in [0.25, 0.3) is 5.69 Å². The molecule has 6 nitrogen and oxygen atoms in total. The topological polar surface area (TPSA) is 110 Å². The first-order valence-corrected chi connectivity index (χ1v) is 5.37. The fourth-order valence-corrected chi connectivity index (χ4v) is 1.72. The Balaban J connectivity index is 0.00000220. The minimum Gasteiger partial charge on any atom is -0.870 e. The molecule has 0 atom stereocenters. The van der Waals surface area contributed by atoms with Gasteiger partial charge in [0.05, 0.1) is 4.92 Å². The van der Waals surface area contributed by atoms with Crippen molar-refractivity contribution < 1.29 is 47.9 Å². The molecule has 2 N–H and O–H groups in total.